The van der Waals surface area contributed by atoms with Crippen molar-refractivity contribution in [2.24, 2.45) is 5.73 Å². The van der Waals surface area contributed by atoms with Crippen molar-refractivity contribution >= 4 is 18.3 Å². The second kappa shape index (κ2) is 8.40. The zero-order valence-corrected chi connectivity index (χ0v) is 13.9. The molecule has 118 valence electrons. The molecule has 0 radical (unpaired) electrons. The fourth-order valence-corrected chi connectivity index (χ4v) is 3.07. The second-order valence-electron chi connectivity index (χ2n) is 5.84. The molecule has 1 amide bonds. The summed E-state index contributed by atoms with van der Waals surface area (Å²) in [7, 11) is 0. The number of carbonyl (C=O) groups is 1. The SMILES string of the molecule is CCC(CC(=O)N1CCCC1CN)c1ccc(C)cc1.Cl. The van der Waals surface area contributed by atoms with Crippen molar-refractivity contribution in [3.63, 3.8) is 0 Å². The lowest BCUT2D eigenvalue weighted by atomic mass is 9.92. The molecule has 0 aromatic heterocycles. The average Bonchev–Trinajstić information content (AvgIpc) is 2.94. The van der Waals surface area contributed by atoms with Crippen molar-refractivity contribution in [3.05, 3.63) is 35.4 Å². The van der Waals surface area contributed by atoms with Crippen molar-refractivity contribution in [2.45, 2.75) is 51.5 Å². The quantitative estimate of drug-likeness (QED) is 0.907. The highest BCUT2D eigenvalue weighted by atomic mass is 35.5. The fourth-order valence-electron chi connectivity index (χ4n) is 3.07. The van der Waals surface area contributed by atoms with Gasteiger partial charge in [0.2, 0.25) is 5.91 Å². The number of aryl methyl sites for hydroxylation is 1. The lowest BCUT2D eigenvalue weighted by Crippen LogP contribution is -2.40. The van der Waals surface area contributed by atoms with Gasteiger partial charge in [0.1, 0.15) is 0 Å². The number of hydrogen-bond donors (Lipinski definition) is 1. The Kier molecular flexibility index (Phi) is 7.20. The van der Waals surface area contributed by atoms with Crippen LogP contribution in [0.1, 0.15) is 49.7 Å². The largest absolute Gasteiger partial charge is 0.338 e. The third-order valence-electron chi connectivity index (χ3n) is 4.43. The molecule has 1 heterocycles. The van der Waals surface area contributed by atoms with Crippen LogP contribution in [0.15, 0.2) is 24.3 Å². The van der Waals surface area contributed by atoms with Gasteiger partial charge in [0.05, 0.1) is 0 Å². The van der Waals surface area contributed by atoms with Crippen molar-refractivity contribution in [3.8, 4) is 0 Å². The van der Waals surface area contributed by atoms with Crippen LogP contribution in [0.5, 0.6) is 0 Å². The zero-order valence-electron chi connectivity index (χ0n) is 13.0. The van der Waals surface area contributed by atoms with Gasteiger partial charge in [-0.15, -0.1) is 12.4 Å². The van der Waals surface area contributed by atoms with E-state index in [9.17, 15) is 4.79 Å². The van der Waals surface area contributed by atoms with Gasteiger partial charge in [0.15, 0.2) is 0 Å². The van der Waals surface area contributed by atoms with Crippen molar-refractivity contribution in [2.75, 3.05) is 13.1 Å². The van der Waals surface area contributed by atoms with Crippen LogP contribution in [0.4, 0.5) is 0 Å². The number of benzene rings is 1. The second-order valence-corrected chi connectivity index (χ2v) is 5.84. The standard InChI is InChI=1S/C17H26N2O.ClH/c1-3-14(15-8-6-13(2)7-9-15)11-17(20)19-10-4-5-16(19)12-18;/h6-9,14,16H,3-5,10-12,18H2,1-2H3;1H. The summed E-state index contributed by atoms with van der Waals surface area (Å²) in [6.07, 6.45) is 3.75. The van der Waals surface area contributed by atoms with E-state index in [1.807, 2.05) is 4.90 Å². The Morgan fingerprint density at radius 3 is 2.62 bits per heavy atom. The Balaban J connectivity index is 0.00000220. The fraction of sp³-hybridized carbons (Fsp3) is 0.588. The highest BCUT2D eigenvalue weighted by Crippen LogP contribution is 2.26. The van der Waals surface area contributed by atoms with E-state index < -0.39 is 0 Å². The highest BCUT2D eigenvalue weighted by molar-refractivity contribution is 5.85. The first-order chi connectivity index (χ1) is 9.65. The summed E-state index contributed by atoms with van der Waals surface area (Å²) in [5.41, 5.74) is 8.29. The van der Waals surface area contributed by atoms with Crippen LogP contribution in [-0.2, 0) is 4.79 Å². The summed E-state index contributed by atoms with van der Waals surface area (Å²) >= 11 is 0. The summed E-state index contributed by atoms with van der Waals surface area (Å²) in [5, 5.41) is 0. The summed E-state index contributed by atoms with van der Waals surface area (Å²) in [6, 6.07) is 8.82. The average molecular weight is 311 g/mol. The number of nitrogens with zero attached hydrogens (tertiary/aromatic N) is 1. The molecule has 4 heteroatoms. The third kappa shape index (κ3) is 4.45. The number of hydrogen-bond acceptors (Lipinski definition) is 2. The summed E-state index contributed by atoms with van der Waals surface area (Å²) < 4.78 is 0. The molecule has 1 aliphatic rings. The minimum absolute atomic E-state index is 0. The molecule has 1 saturated heterocycles. The minimum atomic E-state index is 0. The smallest absolute Gasteiger partial charge is 0.223 e. The van der Waals surface area contributed by atoms with Crippen LogP contribution >= 0.6 is 12.4 Å². The van der Waals surface area contributed by atoms with Crippen LogP contribution in [0.3, 0.4) is 0 Å². The Morgan fingerprint density at radius 1 is 1.38 bits per heavy atom. The van der Waals surface area contributed by atoms with Crippen LogP contribution < -0.4 is 5.73 Å². The van der Waals surface area contributed by atoms with Crippen LogP contribution in [-0.4, -0.2) is 29.9 Å². The molecule has 2 N–H and O–H groups in total. The van der Waals surface area contributed by atoms with Gasteiger partial charge in [0, 0.05) is 25.6 Å². The van der Waals surface area contributed by atoms with Gasteiger partial charge in [-0.25, -0.2) is 0 Å². The molecule has 0 spiro atoms. The van der Waals surface area contributed by atoms with E-state index in [0.29, 0.717) is 18.9 Å². The maximum Gasteiger partial charge on any atom is 0.223 e. The zero-order chi connectivity index (χ0) is 14.5. The number of rotatable bonds is 5. The van der Waals surface area contributed by atoms with E-state index in [4.69, 9.17) is 5.73 Å². The Labute approximate surface area is 134 Å². The van der Waals surface area contributed by atoms with Crippen molar-refractivity contribution in [1.29, 1.82) is 0 Å². The molecule has 0 saturated carbocycles. The maximum atomic E-state index is 12.5. The molecule has 2 atom stereocenters. The van der Waals surface area contributed by atoms with Crippen LogP contribution in [0, 0.1) is 6.92 Å². The summed E-state index contributed by atoms with van der Waals surface area (Å²) in [4.78, 5) is 14.5. The lowest BCUT2D eigenvalue weighted by molar-refractivity contribution is -0.132. The van der Waals surface area contributed by atoms with Gasteiger partial charge in [0.25, 0.3) is 0 Å². The molecule has 21 heavy (non-hydrogen) atoms. The molecule has 0 bridgehead atoms. The third-order valence-corrected chi connectivity index (χ3v) is 4.43. The number of amides is 1. The van der Waals surface area contributed by atoms with Gasteiger partial charge in [-0.1, -0.05) is 36.8 Å². The Bertz CT molecular complexity index is 447. The minimum Gasteiger partial charge on any atom is -0.338 e. The van der Waals surface area contributed by atoms with Gasteiger partial charge in [-0.05, 0) is 37.7 Å². The molecular weight excluding hydrogens is 284 g/mol. The van der Waals surface area contributed by atoms with E-state index in [2.05, 4.69) is 38.1 Å². The molecule has 2 rings (SSSR count). The van der Waals surface area contributed by atoms with Gasteiger partial charge in [-0.3, -0.25) is 4.79 Å². The van der Waals surface area contributed by atoms with Crippen LogP contribution in [0.2, 0.25) is 0 Å². The van der Waals surface area contributed by atoms with Crippen LogP contribution in [0.25, 0.3) is 0 Å². The molecule has 0 aliphatic carbocycles. The van der Waals surface area contributed by atoms with E-state index in [0.717, 1.165) is 25.8 Å². The molecular formula is C17H27ClN2O. The van der Waals surface area contributed by atoms with Crippen molar-refractivity contribution < 1.29 is 4.79 Å². The molecule has 2 unspecified atom stereocenters. The van der Waals surface area contributed by atoms with E-state index in [1.165, 1.54) is 11.1 Å². The molecule has 1 aromatic rings. The normalized spacial score (nSPS) is 19.2. The number of nitrogens with two attached hydrogens (primary N) is 1. The first kappa shape index (κ1) is 18.0. The Hall–Kier alpha value is -1.06. The lowest BCUT2D eigenvalue weighted by Gasteiger charge is -2.26. The number of likely N-dealkylation sites (tertiary alicyclic amines) is 1. The van der Waals surface area contributed by atoms with Gasteiger partial charge >= 0.3 is 0 Å². The first-order valence-electron chi connectivity index (χ1n) is 7.71. The van der Waals surface area contributed by atoms with E-state index >= 15 is 0 Å². The first-order valence-corrected chi connectivity index (χ1v) is 7.71. The molecule has 1 aromatic carbocycles. The van der Waals surface area contributed by atoms with Crippen molar-refractivity contribution in [1.82, 2.24) is 4.90 Å². The topological polar surface area (TPSA) is 46.3 Å². The highest BCUT2D eigenvalue weighted by Gasteiger charge is 2.28. The predicted octanol–water partition coefficient (Wildman–Crippen LogP) is 3.25. The predicted molar refractivity (Wildman–Crippen MR) is 89.9 cm³/mol. The van der Waals surface area contributed by atoms with E-state index in [-0.39, 0.29) is 24.4 Å². The maximum absolute atomic E-state index is 12.5. The van der Waals surface area contributed by atoms with Gasteiger partial charge in [-0.2, -0.15) is 0 Å². The molecule has 1 fully saturated rings. The number of carbonyl (C=O) groups excluding carboxylic acids is 1. The number of halogens is 1. The summed E-state index contributed by atoms with van der Waals surface area (Å²) in [6.45, 7) is 5.71. The van der Waals surface area contributed by atoms with Gasteiger partial charge < -0.3 is 10.6 Å². The molecule has 3 nitrogen and oxygen atoms in total. The monoisotopic (exact) mass is 310 g/mol. The Morgan fingerprint density at radius 2 is 2.05 bits per heavy atom. The summed E-state index contributed by atoms with van der Waals surface area (Å²) in [5.74, 6) is 0.590. The van der Waals surface area contributed by atoms with E-state index in [1.54, 1.807) is 0 Å². The molecule has 1 aliphatic heterocycles.